The molecule has 0 fully saturated rings. The third-order valence-electron chi connectivity index (χ3n) is 2.41. The van der Waals surface area contributed by atoms with Crippen LogP contribution < -0.4 is 4.72 Å². The van der Waals surface area contributed by atoms with Crippen LogP contribution in [-0.2, 0) is 10.0 Å². The molecule has 100 valence electrons. The van der Waals surface area contributed by atoms with Crippen LogP contribution >= 0.6 is 15.9 Å². The van der Waals surface area contributed by atoms with Crippen LogP contribution in [0.4, 0.5) is 5.82 Å². The van der Waals surface area contributed by atoms with E-state index >= 15 is 0 Å². The maximum atomic E-state index is 12.2. The van der Waals surface area contributed by atoms with E-state index in [1.54, 1.807) is 31.2 Å². The van der Waals surface area contributed by atoms with Gasteiger partial charge in [0.1, 0.15) is 4.60 Å². The van der Waals surface area contributed by atoms with Crippen molar-refractivity contribution in [3.63, 3.8) is 0 Å². The molecule has 0 amide bonds. The molecule has 0 atom stereocenters. The van der Waals surface area contributed by atoms with E-state index < -0.39 is 10.0 Å². The first-order valence-electron chi connectivity index (χ1n) is 5.47. The standard InChI is InChI=1S/C12H12BrN3O2S/c1-8-3-5-10(6-4-8)19(17,18)16-12-11(13)15-9(2)7-14-12/h3-7H,1-2H3,(H,14,16). The lowest BCUT2D eigenvalue weighted by Gasteiger charge is -2.08. The molecule has 0 spiro atoms. The number of nitrogens with one attached hydrogen (secondary N) is 1. The predicted molar refractivity (Wildman–Crippen MR) is 76.5 cm³/mol. The minimum Gasteiger partial charge on any atom is -0.261 e. The van der Waals surface area contributed by atoms with E-state index in [9.17, 15) is 8.42 Å². The van der Waals surface area contributed by atoms with E-state index in [0.717, 1.165) is 5.56 Å². The lowest BCUT2D eigenvalue weighted by atomic mass is 10.2. The number of nitrogens with zero attached hydrogens (tertiary/aromatic N) is 2. The number of hydrogen-bond donors (Lipinski definition) is 1. The molecule has 1 aromatic carbocycles. The van der Waals surface area contributed by atoms with Crippen molar-refractivity contribution < 1.29 is 8.42 Å². The topological polar surface area (TPSA) is 72.0 Å². The smallest absolute Gasteiger partial charge is 0.261 e. The van der Waals surface area contributed by atoms with Gasteiger partial charge in [-0.1, -0.05) is 17.7 Å². The van der Waals surface area contributed by atoms with Crippen LogP contribution in [0.1, 0.15) is 11.3 Å². The van der Waals surface area contributed by atoms with Crippen molar-refractivity contribution in [3.05, 3.63) is 46.3 Å². The summed E-state index contributed by atoms with van der Waals surface area (Å²) in [7, 11) is -3.65. The Labute approximate surface area is 120 Å². The fourth-order valence-electron chi connectivity index (χ4n) is 1.42. The number of anilines is 1. The lowest BCUT2D eigenvalue weighted by molar-refractivity contribution is 0.601. The highest BCUT2D eigenvalue weighted by Gasteiger charge is 2.16. The Morgan fingerprint density at radius 3 is 2.37 bits per heavy atom. The van der Waals surface area contributed by atoms with Crippen LogP contribution in [0.5, 0.6) is 0 Å². The van der Waals surface area contributed by atoms with Crippen molar-refractivity contribution in [3.8, 4) is 0 Å². The molecule has 1 N–H and O–H groups in total. The van der Waals surface area contributed by atoms with Crippen molar-refractivity contribution >= 4 is 31.8 Å². The largest absolute Gasteiger partial charge is 0.263 e. The molecule has 7 heteroatoms. The minimum atomic E-state index is -3.65. The summed E-state index contributed by atoms with van der Waals surface area (Å²) in [6.45, 7) is 3.67. The van der Waals surface area contributed by atoms with Crippen LogP contribution in [0.15, 0.2) is 40.0 Å². The van der Waals surface area contributed by atoms with Gasteiger partial charge in [-0.25, -0.2) is 18.4 Å². The van der Waals surface area contributed by atoms with Gasteiger partial charge < -0.3 is 0 Å². The van der Waals surface area contributed by atoms with Crippen molar-refractivity contribution in [1.29, 1.82) is 0 Å². The summed E-state index contributed by atoms with van der Waals surface area (Å²) in [5.41, 5.74) is 1.69. The molecule has 1 aromatic heterocycles. The van der Waals surface area contributed by atoms with Gasteiger partial charge in [0.15, 0.2) is 5.82 Å². The third-order valence-corrected chi connectivity index (χ3v) is 4.32. The Balaban J connectivity index is 2.33. The molecule has 2 aromatic rings. The van der Waals surface area contributed by atoms with E-state index in [1.165, 1.54) is 6.20 Å². The number of aromatic nitrogens is 2. The maximum Gasteiger partial charge on any atom is 0.263 e. The van der Waals surface area contributed by atoms with E-state index in [4.69, 9.17) is 0 Å². The first-order chi connectivity index (χ1) is 8.88. The van der Waals surface area contributed by atoms with Crippen LogP contribution in [0.3, 0.4) is 0 Å². The van der Waals surface area contributed by atoms with Crippen LogP contribution in [0, 0.1) is 13.8 Å². The molecular weight excluding hydrogens is 330 g/mol. The summed E-state index contributed by atoms with van der Waals surface area (Å²) in [5, 5.41) is 0. The van der Waals surface area contributed by atoms with Crippen molar-refractivity contribution in [2.45, 2.75) is 18.7 Å². The van der Waals surface area contributed by atoms with Crippen molar-refractivity contribution in [2.75, 3.05) is 4.72 Å². The number of sulfonamides is 1. The van der Waals surface area contributed by atoms with Crippen LogP contribution in [0.2, 0.25) is 0 Å². The molecule has 0 saturated heterocycles. The molecule has 0 aliphatic heterocycles. The molecule has 0 saturated carbocycles. The molecule has 0 radical (unpaired) electrons. The zero-order valence-electron chi connectivity index (χ0n) is 10.4. The fourth-order valence-corrected chi connectivity index (χ4v) is 3.05. The average molecular weight is 342 g/mol. The quantitative estimate of drug-likeness (QED) is 0.931. The highest BCUT2D eigenvalue weighted by atomic mass is 79.9. The third kappa shape index (κ3) is 3.30. The first kappa shape index (κ1) is 14.0. The monoisotopic (exact) mass is 341 g/mol. The predicted octanol–water partition coefficient (Wildman–Crippen LogP) is 2.66. The van der Waals surface area contributed by atoms with Gasteiger partial charge in [-0.05, 0) is 41.9 Å². The average Bonchev–Trinajstić information content (AvgIpc) is 2.33. The first-order valence-corrected chi connectivity index (χ1v) is 7.75. The van der Waals surface area contributed by atoms with E-state index in [-0.39, 0.29) is 10.7 Å². The summed E-state index contributed by atoms with van der Waals surface area (Å²) in [6.07, 6.45) is 1.50. The van der Waals surface area contributed by atoms with Gasteiger partial charge in [0.05, 0.1) is 16.8 Å². The van der Waals surface area contributed by atoms with Gasteiger partial charge in [0.2, 0.25) is 0 Å². The number of hydrogen-bond acceptors (Lipinski definition) is 4. The van der Waals surface area contributed by atoms with E-state index in [1.807, 2.05) is 6.92 Å². The second kappa shape index (κ2) is 5.26. The van der Waals surface area contributed by atoms with E-state index in [2.05, 4.69) is 30.6 Å². The SMILES string of the molecule is Cc1ccc(S(=O)(=O)Nc2ncc(C)nc2Br)cc1. The Morgan fingerprint density at radius 2 is 1.79 bits per heavy atom. The molecule has 0 bridgehead atoms. The molecule has 5 nitrogen and oxygen atoms in total. The Morgan fingerprint density at radius 1 is 1.16 bits per heavy atom. The number of aryl methyl sites for hydroxylation is 2. The second-order valence-electron chi connectivity index (χ2n) is 4.07. The summed E-state index contributed by atoms with van der Waals surface area (Å²) in [5.74, 6) is 0.172. The van der Waals surface area contributed by atoms with Gasteiger partial charge in [0.25, 0.3) is 10.0 Å². The van der Waals surface area contributed by atoms with Gasteiger partial charge >= 0.3 is 0 Å². The Hall–Kier alpha value is -1.47. The Kier molecular flexibility index (Phi) is 3.86. The molecule has 0 aliphatic carbocycles. The maximum absolute atomic E-state index is 12.2. The molecule has 1 heterocycles. The van der Waals surface area contributed by atoms with Crippen molar-refractivity contribution in [2.24, 2.45) is 0 Å². The van der Waals surface area contributed by atoms with Gasteiger partial charge in [-0.15, -0.1) is 0 Å². The fraction of sp³-hybridized carbons (Fsp3) is 0.167. The normalized spacial score (nSPS) is 11.3. The van der Waals surface area contributed by atoms with Gasteiger partial charge in [-0.3, -0.25) is 4.72 Å². The highest BCUT2D eigenvalue weighted by Crippen LogP contribution is 2.21. The zero-order valence-corrected chi connectivity index (χ0v) is 12.8. The van der Waals surface area contributed by atoms with Gasteiger partial charge in [0, 0.05) is 0 Å². The molecule has 0 unspecified atom stereocenters. The molecular formula is C12H12BrN3O2S. The number of halogens is 1. The van der Waals surface area contributed by atoms with Crippen LogP contribution in [-0.4, -0.2) is 18.4 Å². The Bertz CT molecular complexity index is 699. The van der Waals surface area contributed by atoms with Gasteiger partial charge in [-0.2, -0.15) is 0 Å². The lowest BCUT2D eigenvalue weighted by Crippen LogP contribution is -2.14. The summed E-state index contributed by atoms with van der Waals surface area (Å²) < 4.78 is 27.1. The molecule has 19 heavy (non-hydrogen) atoms. The summed E-state index contributed by atoms with van der Waals surface area (Å²) in [4.78, 5) is 8.29. The van der Waals surface area contributed by atoms with E-state index in [0.29, 0.717) is 10.3 Å². The summed E-state index contributed by atoms with van der Waals surface area (Å²) >= 11 is 3.18. The van der Waals surface area contributed by atoms with Crippen molar-refractivity contribution in [1.82, 2.24) is 9.97 Å². The number of benzene rings is 1. The zero-order chi connectivity index (χ0) is 14.0. The second-order valence-corrected chi connectivity index (χ2v) is 6.50. The highest BCUT2D eigenvalue weighted by molar-refractivity contribution is 9.10. The van der Waals surface area contributed by atoms with Crippen LogP contribution in [0.25, 0.3) is 0 Å². The molecule has 2 rings (SSSR count). The molecule has 0 aliphatic rings. The number of rotatable bonds is 3. The minimum absolute atomic E-state index is 0.172. The summed E-state index contributed by atoms with van der Waals surface area (Å²) in [6, 6.07) is 6.58.